The molecule has 1 saturated heterocycles. The minimum absolute atomic E-state index is 0.121. The van der Waals surface area contributed by atoms with Crippen LogP contribution >= 0.6 is 0 Å². The molecule has 0 aliphatic carbocycles. The molecule has 0 saturated carbocycles. The van der Waals surface area contributed by atoms with E-state index in [9.17, 15) is 8.42 Å². The van der Waals surface area contributed by atoms with Crippen LogP contribution in [0.2, 0.25) is 0 Å². The monoisotopic (exact) mass is 410 g/mol. The quantitative estimate of drug-likeness (QED) is 0.734. The molecule has 2 heterocycles. The predicted octanol–water partition coefficient (Wildman–Crippen LogP) is 1.78. The topological polar surface area (TPSA) is 117 Å². The summed E-state index contributed by atoms with van der Waals surface area (Å²) >= 11 is 0. The zero-order chi connectivity index (χ0) is 20.3. The van der Waals surface area contributed by atoms with Gasteiger partial charge >= 0.3 is 10.3 Å². The van der Waals surface area contributed by atoms with Crippen molar-refractivity contribution in [2.24, 2.45) is 11.1 Å². The Bertz CT molecular complexity index is 943. The van der Waals surface area contributed by atoms with Crippen molar-refractivity contribution in [1.82, 2.24) is 9.97 Å². The number of rotatable bonds is 7. The second-order valence-electron chi connectivity index (χ2n) is 6.85. The number of piperidine rings is 1. The van der Waals surface area contributed by atoms with Gasteiger partial charge in [-0.2, -0.15) is 8.42 Å². The molecule has 3 rings (SSSR count). The Balaban J connectivity index is 1.77. The molecule has 1 aliphatic rings. The van der Waals surface area contributed by atoms with Crippen LogP contribution in [-0.2, 0) is 14.5 Å². The highest BCUT2D eigenvalue weighted by molar-refractivity contribution is 7.84. The summed E-state index contributed by atoms with van der Waals surface area (Å²) in [6.45, 7) is 3.63. The normalized spacial score (nSPS) is 15.8. The third-order valence-corrected chi connectivity index (χ3v) is 5.48. The smallest absolute Gasteiger partial charge is 0.333 e. The van der Waals surface area contributed by atoms with Gasteiger partial charge in [0.05, 0.1) is 26.3 Å². The highest BCUT2D eigenvalue weighted by Gasteiger charge is 2.23. The Morgan fingerprint density at radius 1 is 1.14 bits per heavy atom. The van der Waals surface area contributed by atoms with Crippen molar-refractivity contribution in [3.05, 3.63) is 18.0 Å². The zero-order valence-corrected chi connectivity index (χ0v) is 17.2. The molecular formula is C18H26N4O5S. The molecule has 0 spiro atoms. The Morgan fingerprint density at radius 2 is 1.79 bits per heavy atom. The number of methoxy groups -OCH3 is 2. The first-order valence-corrected chi connectivity index (χ1v) is 10.6. The van der Waals surface area contributed by atoms with Crippen LogP contribution in [0.25, 0.3) is 10.9 Å². The molecule has 9 nitrogen and oxygen atoms in total. The fourth-order valence-corrected chi connectivity index (χ4v) is 3.89. The van der Waals surface area contributed by atoms with E-state index in [0.717, 1.165) is 42.7 Å². The Kier molecular flexibility index (Phi) is 6.21. The van der Waals surface area contributed by atoms with Crippen LogP contribution in [-0.4, -0.2) is 52.3 Å². The molecule has 0 atom stereocenters. The van der Waals surface area contributed by atoms with E-state index in [-0.39, 0.29) is 6.61 Å². The number of fused-ring (bicyclic) bond motifs is 1. The van der Waals surface area contributed by atoms with Crippen LogP contribution in [0, 0.1) is 12.8 Å². The summed E-state index contributed by atoms with van der Waals surface area (Å²) in [5.74, 6) is 3.23. The molecule has 2 aromatic rings. The van der Waals surface area contributed by atoms with Gasteiger partial charge in [-0.15, -0.1) is 0 Å². The van der Waals surface area contributed by atoms with E-state index in [1.807, 2.05) is 19.1 Å². The van der Waals surface area contributed by atoms with Crippen LogP contribution in [0.3, 0.4) is 0 Å². The molecule has 154 valence electrons. The third-order valence-electron chi connectivity index (χ3n) is 4.98. The predicted molar refractivity (Wildman–Crippen MR) is 106 cm³/mol. The number of ether oxygens (including phenoxy) is 2. The molecule has 2 N–H and O–H groups in total. The minimum Gasteiger partial charge on any atom is -0.493 e. The largest absolute Gasteiger partial charge is 0.493 e. The molecular weight excluding hydrogens is 384 g/mol. The lowest BCUT2D eigenvalue weighted by Gasteiger charge is -2.33. The fourth-order valence-electron chi connectivity index (χ4n) is 3.56. The summed E-state index contributed by atoms with van der Waals surface area (Å²) in [6.07, 6.45) is 2.51. The number of benzene rings is 1. The van der Waals surface area contributed by atoms with Crippen LogP contribution in [0.4, 0.5) is 5.82 Å². The summed E-state index contributed by atoms with van der Waals surface area (Å²) in [5, 5.41) is 5.78. The number of nitrogens with zero attached hydrogens (tertiary/aromatic N) is 3. The van der Waals surface area contributed by atoms with Gasteiger partial charge in [-0.1, -0.05) is 0 Å². The molecule has 0 unspecified atom stereocenters. The van der Waals surface area contributed by atoms with Crippen LogP contribution in [0.5, 0.6) is 11.5 Å². The summed E-state index contributed by atoms with van der Waals surface area (Å²) in [7, 11) is -0.665. The first kappa shape index (κ1) is 20.6. The maximum atomic E-state index is 10.9. The maximum absolute atomic E-state index is 10.9. The van der Waals surface area contributed by atoms with E-state index in [0.29, 0.717) is 29.7 Å². The van der Waals surface area contributed by atoms with Crippen molar-refractivity contribution in [3.63, 3.8) is 0 Å². The highest BCUT2D eigenvalue weighted by atomic mass is 32.2. The van der Waals surface area contributed by atoms with Crippen LogP contribution < -0.4 is 19.5 Å². The Hall–Kier alpha value is -2.17. The summed E-state index contributed by atoms with van der Waals surface area (Å²) in [4.78, 5) is 11.4. The average molecular weight is 410 g/mol. The lowest BCUT2D eigenvalue weighted by atomic mass is 9.94. The van der Waals surface area contributed by atoms with Gasteiger partial charge in [-0.25, -0.2) is 15.1 Å². The molecule has 0 bridgehead atoms. The fraction of sp³-hybridized carbons (Fsp3) is 0.556. The lowest BCUT2D eigenvalue weighted by molar-refractivity contribution is 0.262. The first-order chi connectivity index (χ1) is 13.3. The summed E-state index contributed by atoms with van der Waals surface area (Å²) < 4.78 is 37.2. The van der Waals surface area contributed by atoms with Crippen LogP contribution in [0.1, 0.15) is 25.1 Å². The van der Waals surface area contributed by atoms with Gasteiger partial charge in [0.2, 0.25) is 0 Å². The van der Waals surface area contributed by atoms with E-state index >= 15 is 0 Å². The number of hydrogen-bond donors (Lipinski definition) is 1. The van der Waals surface area contributed by atoms with Crippen molar-refractivity contribution < 1.29 is 22.1 Å². The second-order valence-corrected chi connectivity index (χ2v) is 8.07. The molecule has 1 aromatic heterocycles. The van der Waals surface area contributed by atoms with Gasteiger partial charge in [-0.05, 0) is 38.2 Å². The molecule has 28 heavy (non-hydrogen) atoms. The number of aryl methyl sites for hydroxylation is 1. The minimum atomic E-state index is -3.87. The van der Waals surface area contributed by atoms with Crippen molar-refractivity contribution >= 4 is 27.0 Å². The van der Waals surface area contributed by atoms with Crippen molar-refractivity contribution in [1.29, 1.82) is 0 Å². The Labute approximate surface area is 165 Å². The number of nitrogens with two attached hydrogens (primary N) is 1. The van der Waals surface area contributed by atoms with Crippen LogP contribution in [0.15, 0.2) is 12.1 Å². The molecule has 0 amide bonds. The summed E-state index contributed by atoms with van der Waals surface area (Å²) in [6, 6.07) is 3.78. The first-order valence-electron chi connectivity index (χ1n) is 9.13. The third kappa shape index (κ3) is 4.81. The van der Waals surface area contributed by atoms with Gasteiger partial charge in [-0.3, -0.25) is 4.18 Å². The van der Waals surface area contributed by atoms with E-state index in [2.05, 4.69) is 19.1 Å². The van der Waals surface area contributed by atoms with E-state index in [1.165, 1.54) is 0 Å². The molecule has 0 radical (unpaired) electrons. The SMILES string of the molecule is COc1cc2nc(C)nc(N3CCC(CCOS(N)(=O)=O)CC3)c2cc1OC. The summed E-state index contributed by atoms with van der Waals surface area (Å²) in [5.41, 5.74) is 0.809. The van der Waals surface area contributed by atoms with E-state index in [1.54, 1.807) is 14.2 Å². The highest BCUT2D eigenvalue weighted by Crippen LogP contribution is 2.36. The molecule has 1 aliphatic heterocycles. The van der Waals surface area contributed by atoms with Gasteiger partial charge < -0.3 is 14.4 Å². The average Bonchev–Trinajstić information content (AvgIpc) is 2.66. The van der Waals surface area contributed by atoms with Crippen molar-refractivity contribution in [3.8, 4) is 11.5 Å². The van der Waals surface area contributed by atoms with Gasteiger partial charge in [0.1, 0.15) is 11.6 Å². The van der Waals surface area contributed by atoms with E-state index in [4.69, 9.17) is 14.6 Å². The standard InChI is InChI=1S/C18H26N4O5S/c1-12-20-15-11-17(26-3)16(25-2)10-14(15)18(21-12)22-7-4-13(5-8-22)6-9-27-28(19,23)24/h10-11,13H,4-9H2,1-3H3,(H2,19,23,24). The number of anilines is 1. The van der Waals surface area contributed by atoms with Gasteiger partial charge in [0, 0.05) is 24.5 Å². The number of hydrogen-bond acceptors (Lipinski definition) is 8. The number of aromatic nitrogens is 2. The van der Waals surface area contributed by atoms with Gasteiger partial charge in [0.15, 0.2) is 11.5 Å². The molecule has 1 fully saturated rings. The van der Waals surface area contributed by atoms with Crippen molar-refractivity contribution in [2.45, 2.75) is 26.2 Å². The van der Waals surface area contributed by atoms with E-state index < -0.39 is 10.3 Å². The molecule has 1 aromatic carbocycles. The lowest BCUT2D eigenvalue weighted by Crippen LogP contribution is -2.35. The zero-order valence-electron chi connectivity index (χ0n) is 16.3. The Morgan fingerprint density at radius 3 is 2.39 bits per heavy atom. The second kappa shape index (κ2) is 8.46. The maximum Gasteiger partial charge on any atom is 0.333 e. The van der Waals surface area contributed by atoms with Crippen molar-refractivity contribution in [2.75, 3.05) is 38.8 Å². The molecule has 10 heteroatoms. The van der Waals surface area contributed by atoms with Gasteiger partial charge in [0.25, 0.3) is 0 Å².